The van der Waals surface area contributed by atoms with Crippen LogP contribution in [0.15, 0.2) is 53.5 Å². The number of hydrogen-bond acceptors (Lipinski definition) is 2. The maximum atomic E-state index is 5.15. The van der Waals surface area contributed by atoms with E-state index in [2.05, 4.69) is 73.0 Å². The first-order valence-corrected chi connectivity index (χ1v) is 9.86. The highest BCUT2D eigenvalue weighted by atomic mass is 15.0. The van der Waals surface area contributed by atoms with Crippen molar-refractivity contribution in [1.29, 1.82) is 0 Å². The number of piperidine rings is 1. The quantitative estimate of drug-likeness (QED) is 0.841. The Bertz CT molecular complexity index is 801. The molecular formula is C23H29N3. The Labute approximate surface area is 156 Å². The summed E-state index contributed by atoms with van der Waals surface area (Å²) >= 11 is 0. The molecule has 0 unspecified atom stereocenters. The standard InChI is InChI=1S/C23H29N3/c1-17(2)20-9-5-3-8-19(20)16-25-22-23(11-13-24-14-12-23)15-18-7-4-6-10-21(18)26-22/h3-10,17,24H,11-16H2,1-2H3,(H,25,26). The summed E-state index contributed by atoms with van der Waals surface area (Å²) < 4.78 is 0. The fourth-order valence-corrected chi connectivity index (χ4v) is 4.44. The number of para-hydroxylation sites is 1. The number of anilines is 1. The third kappa shape index (κ3) is 3.28. The SMILES string of the molecule is CC(C)c1ccccc1CN=C1Nc2ccccc2CC12CCNCC2. The summed E-state index contributed by atoms with van der Waals surface area (Å²) in [5.74, 6) is 1.72. The van der Waals surface area contributed by atoms with Crippen molar-refractivity contribution in [3.8, 4) is 0 Å². The number of rotatable bonds is 3. The molecule has 2 N–H and O–H groups in total. The van der Waals surface area contributed by atoms with Crippen molar-refractivity contribution in [2.45, 2.75) is 45.6 Å². The van der Waals surface area contributed by atoms with Gasteiger partial charge in [-0.3, -0.25) is 4.99 Å². The Hall–Kier alpha value is -2.13. The van der Waals surface area contributed by atoms with Crippen LogP contribution in [0.5, 0.6) is 0 Å². The van der Waals surface area contributed by atoms with Crippen molar-refractivity contribution in [3.05, 3.63) is 65.2 Å². The normalized spacial score (nSPS) is 20.2. The van der Waals surface area contributed by atoms with E-state index in [4.69, 9.17) is 4.99 Å². The minimum absolute atomic E-state index is 0.159. The summed E-state index contributed by atoms with van der Waals surface area (Å²) in [6.07, 6.45) is 3.40. The number of amidine groups is 1. The van der Waals surface area contributed by atoms with Crippen LogP contribution in [0.3, 0.4) is 0 Å². The highest BCUT2D eigenvalue weighted by Crippen LogP contribution is 2.41. The molecule has 1 saturated heterocycles. The monoisotopic (exact) mass is 347 g/mol. The van der Waals surface area contributed by atoms with E-state index in [0.29, 0.717) is 5.92 Å². The minimum Gasteiger partial charge on any atom is -0.343 e. The third-order valence-corrected chi connectivity index (χ3v) is 5.95. The molecule has 0 saturated carbocycles. The Morgan fingerprint density at radius 1 is 1.00 bits per heavy atom. The van der Waals surface area contributed by atoms with Gasteiger partial charge in [-0.05, 0) is 61.0 Å². The molecule has 2 aromatic rings. The summed E-state index contributed by atoms with van der Waals surface area (Å²) in [6.45, 7) is 7.43. The molecule has 1 fully saturated rings. The number of nitrogens with one attached hydrogen (secondary N) is 2. The molecule has 2 aliphatic heterocycles. The largest absolute Gasteiger partial charge is 0.343 e. The van der Waals surface area contributed by atoms with Gasteiger partial charge < -0.3 is 10.6 Å². The van der Waals surface area contributed by atoms with Gasteiger partial charge in [-0.25, -0.2) is 0 Å². The van der Waals surface area contributed by atoms with Gasteiger partial charge in [-0.2, -0.15) is 0 Å². The van der Waals surface area contributed by atoms with Gasteiger partial charge in [0.2, 0.25) is 0 Å². The molecule has 2 aromatic carbocycles. The van der Waals surface area contributed by atoms with Crippen molar-refractivity contribution >= 4 is 11.5 Å². The van der Waals surface area contributed by atoms with Crippen LogP contribution < -0.4 is 10.6 Å². The van der Waals surface area contributed by atoms with Crippen molar-refractivity contribution < 1.29 is 0 Å². The molecule has 0 aromatic heterocycles. The van der Waals surface area contributed by atoms with E-state index in [1.54, 1.807) is 0 Å². The minimum atomic E-state index is 0.159. The van der Waals surface area contributed by atoms with Gasteiger partial charge in [0.1, 0.15) is 5.84 Å². The van der Waals surface area contributed by atoms with E-state index in [1.165, 1.54) is 28.2 Å². The van der Waals surface area contributed by atoms with Crippen molar-refractivity contribution in [2.24, 2.45) is 10.4 Å². The smallest absolute Gasteiger partial charge is 0.108 e. The van der Waals surface area contributed by atoms with E-state index in [0.717, 1.165) is 38.9 Å². The zero-order valence-corrected chi connectivity index (χ0v) is 15.9. The highest BCUT2D eigenvalue weighted by molar-refractivity contribution is 6.02. The number of benzene rings is 2. The number of aliphatic imine (C=N–C) groups is 1. The van der Waals surface area contributed by atoms with Gasteiger partial charge in [0.05, 0.1) is 6.54 Å². The predicted molar refractivity (Wildman–Crippen MR) is 110 cm³/mol. The van der Waals surface area contributed by atoms with Crippen molar-refractivity contribution in [3.63, 3.8) is 0 Å². The molecule has 0 atom stereocenters. The van der Waals surface area contributed by atoms with Gasteiger partial charge in [0, 0.05) is 11.1 Å². The number of hydrogen-bond donors (Lipinski definition) is 2. The second-order valence-electron chi connectivity index (χ2n) is 8.01. The van der Waals surface area contributed by atoms with Crippen LogP contribution >= 0.6 is 0 Å². The second kappa shape index (κ2) is 7.24. The summed E-state index contributed by atoms with van der Waals surface area (Å²) in [6, 6.07) is 17.4. The van der Waals surface area contributed by atoms with Crippen LogP contribution in [-0.4, -0.2) is 18.9 Å². The van der Waals surface area contributed by atoms with Crippen LogP contribution in [0.2, 0.25) is 0 Å². The van der Waals surface area contributed by atoms with Gasteiger partial charge in [0.15, 0.2) is 0 Å². The topological polar surface area (TPSA) is 36.4 Å². The first-order valence-electron chi connectivity index (χ1n) is 9.86. The lowest BCUT2D eigenvalue weighted by atomic mass is 9.71. The molecule has 1 spiro atoms. The average Bonchev–Trinajstić information content (AvgIpc) is 2.67. The molecule has 0 bridgehead atoms. The fraction of sp³-hybridized carbons (Fsp3) is 0.435. The molecule has 0 amide bonds. The zero-order chi connectivity index (χ0) is 18.0. The molecule has 26 heavy (non-hydrogen) atoms. The Kier molecular flexibility index (Phi) is 4.82. The van der Waals surface area contributed by atoms with E-state index in [9.17, 15) is 0 Å². The lowest BCUT2D eigenvalue weighted by Gasteiger charge is -2.43. The Morgan fingerprint density at radius 3 is 2.54 bits per heavy atom. The molecule has 2 heterocycles. The first-order chi connectivity index (χ1) is 12.7. The van der Waals surface area contributed by atoms with Gasteiger partial charge in [-0.15, -0.1) is 0 Å². The number of fused-ring (bicyclic) bond motifs is 1. The maximum absolute atomic E-state index is 5.15. The van der Waals surface area contributed by atoms with E-state index in [-0.39, 0.29) is 5.41 Å². The molecule has 0 radical (unpaired) electrons. The van der Waals surface area contributed by atoms with Crippen molar-refractivity contribution in [2.75, 3.05) is 18.4 Å². The molecule has 3 nitrogen and oxygen atoms in total. The summed E-state index contributed by atoms with van der Waals surface area (Å²) in [5.41, 5.74) is 5.57. The maximum Gasteiger partial charge on any atom is 0.108 e. The molecule has 0 aliphatic carbocycles. The van der Waals surface area contributed by atoms with Crippen LogP contribution in [0.25, 0.3) is 0 Å². The molecule has 136 valence electrons. The molecular weight excluding hydrogens is 318 g/mol. The lowest BCUT2D eigenvalue weighted by molar-refractivity contribution is 0.293. The Morgan fingerprint density at radius 2 is 1.73 bits per heavy atom. The Balaban J connectivity index is 1.68. The van der Waals surface area contributed by atoms with Crippen LogP contribution in [0.1, 0.15) is 49.3 Å². The zero-order valence-electron chi connectivity index (χ0n) is 15.9. The van der Waals surface area contributed by atoms with Crippen LogP contribution in [-0.2, 0) is 13.0 Å². The van der Waals surface area contributed by atoms with E-state index in [1.807, 2.05) is 0 Å². The van der Waals surface area contributed by atoms with Gasteiger partial charge >= 0.3 is 0 Å². The van der Waals surface area contributed by atoms with Gasteiger partial charge in [-0.1, -0.05) is 56.3 Å². The summed E-state index contributed by atoms with van der Waals surface area (Å²) in [5, 5.41) is 7.21. The molecule has 4 rings (SSSR count). The third-order valence-electron chi connectivity index (χ3n) is 5.95. The fourth-order valence-electron chi connectivity index (χ4n) is 4.44. The average molecular weight is 348 g/mol. The molecule has 3 heteroatoms. The molecule has 2 aliphatic rings. The second-order valence-corrected chi connectivity index (χ2v) is 8.01. The lowest BCUT2D eigenvalue weighted by Crippen LogP contribution is -2.48. The first kappa shape index (κ1) is 17.3. The number of nitrogens with zero attached hydrogens (tertiary/aromatic N) is 1. The predicted octanol–water partition coefficient (Wildman–Crippen LogP) is 4.75. The van der Waals surface area contributed by atoms with Crippen molar-refractivity contribution in [1.82, 2.24) is 5.32 Å². The van der Waals surface area contributed by atoms with Crippen LogP contribution in [0, 0.1) is 5.41 Å². The van der Waals surface area contributed by atoms with Crippen LogP contribution in [0.4, 0.5) is 5.69 Å². The van der Waals surface area contributed by atoms with E-state index >= 15 is 0 Å². The van der Waals surface area contributed by atoms with Gasteiger partial charge in [0.25, 0.3) is 0 Å². The highest BCUT2D eigenvalue weighted by Gasteiger charge is 2.40. The summed E-state index contributed by atoms with van der Waals surface area (Å²) in [4.78, 5) is 5.15. The summed E-state index contributed by atoms with van der Waals surface area (Å²) in [7, 11) is 0. The van der Waals surface area contributed by atoms with E-state index < -0.39 is 0 Å².